The summed E-state index contributed by atoms with van der Waals surface area (Å²) >= 11 is 12.4. The smallest absolute Gasteiger partial charge is 0.282 e. The van der Waals surface area contributed by atoms with Gasteiger partial charge in [-0.25, -0.2) is 4.90 Å². The molecule has 0 bridgehead atoms. The van der Waals surface area contributed by atoms with Crippen molar-refractivity contribution in [2.75, 3.05) is 17.3 Å². The fraction of sp³-hybridized carbons (Fsp3) is 0.120. The lowest BCUT2D eigenvalue weighted by Crippen LogP contribution is -2.32. The van der Waals surface area contributed by atoms with Gasteiger partial charge in [0.05, 0.1) is 24.1 Å². The molecule has 1 aliphatic rings. The van der Waals surface area contributed by atoms with Gasteiger partial charge in [0.2, 0.25) is 0 Å². The van der Waals surface area contributed by atoms with E-state index < -0.39 is 11.8 Å². The number of carbonyl (C=O) groups is 2. The molecule has 0 aromatic heterocycles. The van der Waals surface area contributed by atoms with Crippen molar-refractivity contribution in [2.24, 2.45) is 0 Å². The zero-order valence-corrected chi connectivity index (χ0v) is 19.2. The molecule has 32 heavy (non-hydrogen) atoms. The highest BCUT2D eigenvalue weighted by atomic mass is 35.5. The zero-order chi connectivity index (χ0) is 23.0. The highest BCUT2D eigenvalue weighted by molar-refractivity contribution is 6.46. The second-order valence-corrected chi connectivity index (χ2v) is 8.31. The molecule has 162 valence electrons. The molecule has 3 aromatic rings. The molecule has 0 spiro atoms. The van der Waals surface area contributed by atoms with Gasteiger partial charge in [-0.15, -0.1) is 0 Å². The molecular weight excluding hydrogens is 447 g/mol. The van der Waals surface area contributed by atoms with Crippen molar-refractivity contribution >= 4 is 52.0 Å². The van der Waals surface area contributed by atoms with Gasteiger partial charge < -0.3 is 10.1 Å². The van der Waals surface area contributed by atoms with E-state index in [4.69, 9.17) is 27.9 Å². The Morgan fingerprint density at radius 2 is 1.59 bits per heavy atom. The van der Waals surface area contributed by atoms with Crippen LogP contribution < -0.4 is 15.0 Å². The summed E-state index contributed by atoms with van der Waals surface area (Å²) in [5.74, 6) is -0.447. The van der Waals surface area contributed by atoms with Gasteiger partial charge in [-0.05, 0) is 55.3 Å². The summed E-state index contributed by atoms with van der Waals surface area (Å²) in [5, 5.41) is 4.03. The van der Waals surface area contributed by atoms with Crippen LogP contribution in [0.25, 0.3) is 5.57 Å². The van der Waals surface area contributed by atoms with Crippen LogP contribution in [0, 0.1) is 13.8 Å². The van der Waals surface area contributed by atoms with Gasteiger partial charge in [-0.1, -0.05) is 59.1 Å². The first-order valence-electron chi connectivity index (χ1n) is 9.87. The van der Waals surface area contributed by atoms with Crippen molar-refractivity contribution in [1.29, 1.82) is 0 Å². The van der Waals surface area contributed by atoms with E-state index in [9.17, 15) is 9.59 Å². The number of hydrogen-bond acceptors (Lipinski definition) is 4. The number of imide groups is 1. The first-order chi connectivity index (χ1) is 15.3. The van der Waals surface area contributed by atoms with E-state index in [1.165, 1.54) is 7.11 Å². The Balaban J connectivity index is 1.86. The lowest BCUT2D eigenvalue weighted by Gasteiger charge is -2.17. The highest BCUT2D eigenvalue weighted by Gasteiger charge is 2.40. The standard InChI is InChI=1S/C25H20Cl2N2O3/c1-14-4-7-16(8-5-14)22-23(28-20-12-17(26)9-11-21(20)32-3)25(31)29(24(22)30)18-10-6-15(2)19(27)13-18/h4-13,28H,1-3H3. The number of hydrogen-bond donors (Lipinski definition) is 1. The number of amides is 2. The van der Waals surface area contributed by atoms with Crippen LogP contribution in [0.5, 0.6) is 5.75 Å². The van der Waals surface area contributed by atoms with Crippen LogP contribution in [-0.2, 0) is 9.59 Å². The van der Waals surface area contributed by atoms with E-state index in [1.54, 1.807) is 36.4 Å². The average Bonchev–Trinajstić information content (AvgIpc) is 3.00. The Kier molecular flexibility index (Phi) is 5.96. The Bertz CT molecular complexity index is 1270. The molecule has 0 atom stereocenters. The number of aryl methyl sites for hydroxylation is 2. The molecule has 0 aliphatic carbocycles. The lowest BCUT2D eigenvalue weighted by molar-refractivity contribution is -0.120. The largest absolute Gasteiger partial charge is 0.495 e. The van der Waals surface area contributed by atoms with Crippen molar-refractivity contribution in [2.45, 2.75) is 13.8 Å². The maximum absolute atomic E-state index is 13.5. The van der Waals surface area contributed by atoms with Crippen LogP contribution in [0.1, 0.15) is 16.7 Å². The minimum Gasteiger partial charge on any atom is -0.495 e. The predicted molar refractivity (Wildman–Crippen MR) is 128 cm³/mol. The molecule has 3 aromatic carbocycles. The van der Waals surface area contributed by atoms with Crippen LogP contribution in [0.4, 0.5) is 11.4 Å². The van der Waals surface area contributed by atoms with Crippen molar-refractivity contribution in [3.8, 4) is 5.75 Å². The van der Waals surface area contributed by atoms with Crippen LogP contribution in [0.3, 0.4) is 0 Å². The normalized spacial score (nSPS) is 13.7. The molecule has 0 unspecified atom stereocenters. The molecule has 0 saturated heterocycles. The number of carbonyl (C=O) groups excluding carboxylic acids is 2. The predicted octanol–water partition coefficient (Wildman–Crippen LogP) is 6.02. The number of benzene rings is 3. The van der Waals surface area contributed by atoms with Crippen molar-refractivity contribution in [3.63, 3.8) is 0 Å². The van der Waals surface area contributed by atoms with Crippen molar-refractivity contribution < 1.29 is 14.3 Å². The molecule has 4 rings (SSSR count). The molecule has 2 amide bonds. The van der Waals surface area contributed by atoms with Gasteiger partial charge in [0.1, 0.15) is 11.4 Å². The van der Waals surface area contributed by atoms with Crippen LogP contribution in [0.2, 0.25) is 10.0 Å². The molecule has 1 aliphatic heterocycles. The number of nitrogens with one attached hydrogen (secondary N) is 1. The number of rotatable bonds is 5. The molecule has 0 radical (unpaired) electrons. The van der Waals surface area contributed by atoms with Gasteiger partial charge in [0.25, 0.3) is 11.8 Å². The second kappa shape index (κ2) is 8.69. The average molecular weight is 467 g/mol. The summed E-state index contributed by atoms with van der Waals surface area (Å²) in [4.78, 5) is 28.2. The molecule has 0 saturated carbocycles. The van der Waals surface area contributed by atoms with Gasteiger partial charge in [-0.2, -0.15) is 0 Å². The first-order valence-corrected chi connectivity index (χ1v) is 10.6. The van der Waals surface area contributed by atoms with E-state index in [0.29, 0.717) is 32.7 Å². The fourth-order valence-electron chi connectivity index (χ4n) is 3.50. The third kappa shape index (κ3) is 3.97. The van der Waals surface area contributed by atoms with E-state index >= 15 is 0 Å². The number of halogens is 2. The Hall–Kier alpha value is -3.28. The third-order valence-electron chi connectivity index (χ3n) is 5.26. The number of methoxy groups -OCH3 is 1. The SMILES string of the molecule is COc1ccc(Cl)cc1NC1=C(c2ccc(C)cc2)C(=O)N(c2ccc(C)c(Cl)c2)C1=O. The van der Waals surface area contributed by atoms with Gasteiger partial charge in [0, 0.05) is 10.0 Å². The number of anilines is 2. The van der Waals surface area contributed by atoms with E-state index in [2.05, 4.69) is 5.32 Å². The molecule has 1 N–H and O–H groups in total. The maximum atomic E-state index is 13.5. The first kappa shape index (κ1) is 21.9. The van der Waals surface area contributed by atoms with Crippen LogP contribution in [0.15, 0.2) is 66.4 Å². The Morgan fingerprint density at radius 3 is 2.25 bits per heavy atom. The molecule has 0 fully saturated rings. The van der Waals surface area contributed by atoms with Gasteiger partial charge >= 0.3 is 0 Å². The molecular formula is C25H20Cl2N2O3. The lowest BCUT2D eigenvalue weighted by atomic mass is 10.0. The minimum absolute atomic E-state index is 0.135. The molecule has 1 heterocycles. The van der Waals surface area contributed by atoms with Gasteiger partial charge in [-0.3, -0.25) is 9.59 Å². The summed E-state index contributed by atoms with van der Waals surface area (Å²) < 4.78 is 5.40. The Labute approximate surface area is 196 Å². The zero-order valence-electron chi connectivity index (χ0n) is 17.7. The summed E-state index contributed by atoms with van der Waals surface area (Å²) in [5.41, 5.74) is 3.78. The van der Waals surface area contributed by atoms with E-state index in [1.807, 2.05) is 38.1 Å². The van der Waals surface area contributed by atoms with Gasteiger partial charge in [0.15, 0.2) is 0 Å². The number of nitrogens with zero attached hydrogens (tertiary/aromatic N) is 1. The van der Waals surface area contributed by atoms with E-state index in [0.717, 1.165) is 16.0 Å². The quantitative estimate of drug-likeness (QED) is 0.467. The summed E-state index contributed by atoms with van der Waals surface area (Å²) in [6.07, 6.45) is 0. The third-order valence-corrected chi connectivity index (χ3v) is 5.90. The monoisotopic (exact) mass is 466 g/mol. The minimum atomic E-state index is -0.493. The second-order valence-electron chi connectivity index (χ2n) is 7.46. The van der Waals surface area contributed by atoms with Crippen molar-refractivity contribution in [3.05, 3.63) is 93.1 Å². The van der Waals surface area contributed by atoms with Crippen molar-refractivity contribution in [1.82, 2.24) is 0 Å². The summed E-state index contributed by atoms with van der Waals surface area (Å²) in [6, 6.07) is 17.5. The topological polar surface area (TPSA) is 58.6 Å². The summed E-state index contributed by atoms with van der Waals surface area (Å²) in [7, 11) is 1.52. The maximum Gasteiger partial charge on any atom is 0.282 e. The van der Waals surface area contributed by atoms with Crippen LogP contribution in [-0.4, -0.2) is 18.9 Å². The molecule has 5 nitrogen and oxygen atoms in total. The Morgan fingerprint density at radius 1 is 0.875 bits per heavy atom. The molecule has 7 heteroatoms. The highest BCUT2D eigenvalue weighted by Crippen LogP contribution is 2.37. The number of ether oxygens (including phenoxy) is 1. The fourth-order valence-corrected chi connectivity index (χ4v) is 3.85. The van der Waals surface area contributed by atoms with E-state index in [-0.39, 0.29) is 11.3 Å². The van der Waals surface area contributed by atoms with Crippen LogP contribution >= 0.6 is 23.2 Å². The summed E-state index contributed by atoms with van der Waals surface area (Å²) in [6.45, 7) is 3.81.